The second-order valence-corrected chi connectivity index (χ2v) is 35.2. The van der Waals surface area contributed by atoms with E-state index in [0.29, 0.717) is 44.4 Å². The van der Waals surface area contributed by atoms with Crippen molar-refractivity contribution in [2.75, 3.05) is 26.4 Å². The van der Waals surface area contributed by atoms with Crippen LogP contribution in [0.15, 0.2) is 36.5 Å². The maximum Gasteiger partial charge on any atom is 0.472 e. The van der Waals surface area contributed by atoms with Crippen molar-refractivity contribution in [1.29, 1.82) is 0 Å². The van der Waals surface area contributed by atoms with Crippen LogP contribution in [-0.2, 0) is 70.7 Å². The number of phosphoric ester groups is 1. The number of ether oxygens (including phenoxy) is 8. The van der Waals surface area contributed by atoms with Crippen molar-refractivity contribution in [3.05, 3.63) is 36.5 Å². The van der Waals surface area contributed by atoms with Crippen LogP contribution in [0.25, 0.3) is 0 Å². The molecule has 2 aliphatic heterocycles. The van der Waals surface area contributed by atoms with E-state index >= 15 is 0 Å². The molecule has 26 heteroatoms. The highest BCUT2D eigenvalue weighted by atomic mass is 31.2. The molecule has 0 amide bonds. The first-order chi connectivity index (χ1) is 57.1. The van der Waals surface area contributed by atoms with Gasteiger partial charge in [-0.1, -0.05) is 296 Å². The first-order valence-electron chi connectivity index (χ1n) is 47.1. The number of hydrogen-bond donors (Lipinski definition) is 10. The molecule has 10 N–H and O–H groups in total. The van der Waals surface area contributed by atoms with Gasteiger partial charge in [0.05, 0.1) is 13.2 Å². The molecule has 0 spiro atoms. The summed E-state index contributed by atoms with van der Waals surface area (Å²) in [6.07, 6.45) is 30.0. The first-order valence-corrected chi connectivity index (χ1v) is 48.6. The summed E-state index contributed by atoms with van der Waals surface area (Å²) in [5.74, 6) is -2.37. The number of unbranched alkanes of at least 4 members (excludes halogenated alkanes) is 41. The van der Waals surface area contributed by atoms with E-state index in [0.717, 1.165) is 161 Å². The minimum absolute atomic E-state index is 0.00748. The average Bonchev–Trinajstić information content (AvgIpc) is 0.753. The quantitative estimate of drug-likeness (QED) is 0.00889. The predicted octanol–water partition coefficient (Wildman–Crippen LogP) is 17.4. The lowest BCUT2D eigenvalue weighted by atomic mass is 9.84. The SMILES string of the molecule is CCCCCC/C=C\CCCCCCCCCC(=O)OCC(COP(=O)(O)OC1C(OC2OC(CO)C(O)C(O)C2O)C(O)C(O)C(OC(=O)CCCCCCCCC(C)CCCCCCCC)C1OC1OC(COC(=O)CCCCCCCCC/C=C\CCCCCC)C(O)C(O)C1O)OC(=O)CCCCC/C=C\CCCCCCCC. The van der Waals surface area contributed by atoms with Gasteiger partial charge in [-0.15, -0.1) is 0 Å². The van der Waals surface area contributed by atoms with Crippen LogP contribution in [0.2, 0.25) is 0 Å². The van der Waals surface area contributed by atoms with Gasteiger partial charge in [-0.05, 0) is 109 Å². The molecule has 2 heterocycles. The molecule has 3 rings (SSSR count). The lowest BCUT2D eigenvalue weighted by Gasteiger charge is -2.50. The van der Waals surface area contributed by atoms with E-state index in [4.69, 9.17) is 46.9 Å². The molecule has 1 saturated carbocycles. The lowest BCUT2D eigenvalue weighted by molar-refractivity contribution is -0.360. The molecule has 19 atom stereocenters. The molecule has 0 bridgehead atoms. The predicted molar refractivity (Wildman–Crippen MR) is 458 cm³/mol. The largest absolute Gasteiger partial charge is 0.472 e. The Morgan fingerprint density at radius 1 is 0.356 bits per heavy atom. The Hall–Kier alpha value is -3.31. The summed E-state index contributed by atoms with van der Waals surface area (Å²) < 4.78 is 73.4. The first kappa shape index (κ1) is 109. The molecule has 1 aliphatic carbocycles. The van der Waals surface area contributed by atoms with Crippen molar-refractivity contribution in [2.45, 2.75) is 492 Å². The van der Waals surface area contributed by atoms with Gasteiger partial charge >= 0.3 is 31.7 Å². The third-order valence-electron chi connectivity index (χ3n) is 23.0. The minimum Gasteiger partial charge on any atom is -0.463 e. The van der Waals surface area contributed by atoms with Crippen molar-refractivity contribution >= 4 is 31.7 Å². The Bertz CT molecular complexity index is 2610. The highest BCUT2D eigenvalue weighted by Gasteiger charge is 2.60. The number of aliphatic hydroxyl groups excluding tert-OH is 9. The van der Waals surface area contributed by atoms with Gasteiger partial charge in [-0.25, -0.2) is 4.57 Å². The van der Waals surface area contributed by atoms with Gasteiger partial charge in [0.2, 0.25) is 0 Å². The number of rotatable bonds is 75. The number of carbonyl (C=O) groups excluding carboxylic acids is 4. The third-order valence-corrected chi connectivity index (χ3v) is 24.0. The number of hydrogen-bond acceptors (Lipinski definition) is 24. The molecule has 690 valence electrons. The molecular weight excluding hydrogens is 1540 g/mol. The number of aliphatic hydroxyl groups is 9. The van der Waals surface area contributed by atoms with E-state index in [1.165, 1.54) is 128 Å². The minimum atomic E-state index is -5.82. The van der Waals surface area contributed by atoms with Crippen LogP contribution in [-0.4, -0.2) is 205 Å². The van der Waals surface area contributed by atoms with E-state index < -0.39 is 162 Å². The zero-order chi connectivity index (χ0) is 86.2. The molecule has 0 aromatic rings. The molecular formula is C92H167O25P. The van der Waals surface area contributed by atoms with Crippen LogP contribution in [0.3, 0.4) is 0 Å². The Balaban J connectivity index is 1.93. The van der Waals surface area contributed by atoms with Gasteiger partial charge in [0, 0.05) is 25.7 Å². The highest BCUT2D eigenvalue weighted by molar-refractivity contribution is 7.47. The molecule has 0 aromatic heterocycles. The smallest absolute Gasteiger partial charge is 0.463 e. The summed E-state index contributed by atoms with van der Waals surface area (Å²) in [7, 11) is -5.82. The monoisotopic (exact) mass is 1700 g/mol. The summed E-state index contributed by atoms with van der Waals surface area (Å²) in [6, 6.07) is 0. The average molecular weight is 1700 g/mol. The topological polar surface area (TPSA) is 380 Å². The molecule has 19 unspecified atom stereocenters. The fraction of sp³-hybridized carbons (Fsp3) is 0.891. The Morgan fingerprint density at radius 2 is 0.686 bits per heavy atom. The number of allylic oxidation sites excluding steroid dienone is 6. The normalized spacial score (nSPS) is 25.3. The Labute approximate surface area is 710 Å². The second kappa shape index (κ2) is 69.9. The van der Waals surface area contributed by atoms with E-state index in [9.17, 15) is 74.6 Å². The molecule has 3 aliphatic rings. The molecule has 118 heavy (non-hydrogen) atoms. The number of phosphoric acid groups is 1. The van der Waals surface area contributed by atoms with Crippen molar-refractivity contribution in [1.82, 2.24) is 0 Å². The summed E-state index contributed by atoms with van der Waals surface area (Å²) in [6.45, 7) is 7.83. The summed E-state index contributed by atoms with van der Waals surface area (Å²) >= 11 is 0. The van der Waals surface area contributed by atoms with Crippen LogP contribution >= 0.6 is 7.82 Å². The van der Waals surface area contributed by atoms with Gasteiger partial charge in [0.25, 0.3) is 0 Å². The maximum absolute atomic E-state index is 14.9. The fourth-order valence-electron chi connectivity index (χ4n) is 15.4. The van der Waals surface area contributed by atoms with Gasteiger partial charge in [0.15, 0.2) is 24.8 Å². The van der Waals surface area contributed by atoms with Crippen LogP contribution < -0.4 is 0 Å². The van der Waals surface area contributed by atoms with Crippen molar-refractivity contribution in [3.63, 3.8) is 0 Å². The molecule has 0 aromatic carbocycles. The number of carbonyl (C=O) groups is 4. The van der Waals surface area contributed by atoms with Gasteiger partial charge in [-0.2, -0.15) is 0 Å². The second-order valence-electron chi connectivity index (χ2n) is 33.8. The Kier molecular flexibility index (Phi) is 64.5. The lowest BCUT2D eigenvalue weighted by Crippen LogP contribution is -2.70. The van der Waals surface area contributed by atoms with E-state index in [2.05, 4.69) is 71.1 Å². The summed E-state index contributed by atoms with van der Waals surface area (Å²) in [5.41, 5.74) is 0. The van der Waals surface area contributed by atoms with Crippen LogP contribution in [0.1, 0.15) is 388 Å². The zero-order valence-corrected chi connectivity index (χ0v) is 74.5. The van der Waals surface area contributed by atoms with Crippen molar-refractivity contribution in [3.8, 4) is 0 Å². The van der Waals surface area contributed by atoms with Gasteiger partial charge < -0.3 is 88.7 Å². The highest BCUT2D eigenvalue weighted by Crippen LogP contribution is 2.49. The van der Waals surface area contributed by atoms with E-state index in [1.54, 1.807) is 0 Å². The van der Waals surface area contributed by atoms with E-state index in [-0.39, 0.29) is 25.7 Å². The molecule has 3 fully saturated rings. The summed E-state index contributed by atoms with van der Waals surface area (Å²) in [4.78, 5) is 66.5. The molecule has 2 saturated heterocycles. The van der Waals surface area contributed by atoms with Crippen LogP contribution in [0.5, 0.6) is 0 Å². The summed E-state index contributed by atoms with van der Waals surface area (Å²) in [5, 5.41) is 102. The van der Waals surface area contributed by atoms with Crippen LogP contribution in [0.4, 0.5) is 0 Å². The van der Waals surface area contributed by atoms with Crippen LogP contribution in [0, 0.1) is 5.92 Å². The van der Waals surface area contributed by atoms with E-state index in [1.807, 2.05) is 0 Å². The third kappa shape index (κ3) is 50.0. The van der Waals surface area contributed by atoms with Gasteiger partial charge in [-0.3, -0.25) is 28.2 Å². The molecule has 0 radical (unpaired) electrons. The Morgan fingerprint density at radius 3 is 1.11 bits per heavy atom. The maximum atomic E-state index is 14.9. The standard InChI is InChI=1S/C92H167O25P/c1-6-10-14-18-22-25-28-31-33-36-38-41-44-51-57-63-75(94)108-68-72(111-77(96)65-59-53-46-43-40-35-30-27-24-20-16-12-8-3)69-110-118(106,107)117-90-88(115-91-85(104)81(100)79(98)73(67-93)112-91)84(103)83(102)87(114-78(97)66-60-54-48-47-50-56-62-71(5)61-55-49-21-17-13-9-4)89(90)116-92-86(105)82(101)80(99)74(113-92)70-109-76(95)64-58-52-45-42-39-37-34-32-29-26-23-19-15-11-7-2/h25-26,28-29,35,40,71-74,79-93,98-105H,6-24,27,30-34,36-39,41-70H2,1-5H3,(H,106,107)/b28-25-,29-26-,40-35-. The van der Waals surface area contributed by atoms with Gasteiger partial charge in [0.1, 0.15) is 92.6 Å². The molecule has 25 nitrogen and oxygen atoms in total. The van der Waals surface area contributed by atoms with Crippen molar-refractivity contribution < 1.29 is 122 Å². The number of esters is 4. The van der Waals surface area contributed by atoms with Crippen molar-refractivity contribution in [2.24, 2.45) is 5.92 Å². The fourth-order valence-corrected chi connectivity index (χ4v) is 16.3. The zero-order valence-electron chi connectivity index (χ0n) is 73.6.